The molecule has 0 N–H and O–H groups in total. The fraction of sp³-hybridized carbons (Fsp3) is 0.267. The van der Waals surface area contributed by atoms with Crippen molar-refractivity contribution < 1.29 is 13.5 Å². The van der Waals surface area contributed by atoms with E-state index in [2.05, 4.69) is 15.1 Å². The van der Waals surface area contributed by atoms with Crippen molar-refractivity contribution in [2.24, 2.45) is 0 Å². The molecule has 0 atom stereocenters. The molecule has 2 heterocycles. The number of halogens is 2. The van der Waals surface area contributed by atoms with E-state index in [0.717, 1.165) is 6.07 Å². The van der Waals surface area contributed by atoms with Crippen LogP contribution < -0.4 is 0 Å². The number of ether oxygens (including phenoxy) is 1. The smallest absolute Gasteiger partial charge is 0.177 e. The minimum Gasteiger partial charge on any atom is -0.374 e. The first-order chi connectivity index (χ1) is 11.2. The van der Waals surface area contributed by atoms with Crippen LogP contribution >= 0.6 is 0 Å². The summed E-state index contributed by atoms with van der Waals surface area (Å²) >= 11 is 0. The van der Waals surface area contributed by atoms with Gasteiger partial charge in [0.15, 0.2) is 17.5 Å². The largest absolute Gasteiger partial charge is 0.374 e. The highest BCUT2D eigenvalue weighted by atomic mass is 19.1. The zero-order valence-electron chi connectivity index (χ0n) is 12.5. The second kappa shape index (κ2) is 6.66. The van der Waals surface area contributed by atoms with Crippen LogP contribution in [-0.4, -0.2) is 30.9 Å². The van der Waals surface area contributed by atoms with Crippen molar-refractivity contribution in [3.05, 3.63) is 60.2 Å². The fourth-order valence-corrected chi connectivity index (χ4v) is 2.14. The number of nitrogens with zero attached hydrogens (tertiary/aromatic N) is 5. The average Bonchev–Trinajstić information content (AvgIpc) is 3.16. The SMILES string of the molecule is CCOCc1nc(Cn2ccnc2)n(-c2ccc(F)cc2F)n1. The summed E-state index contributed by atoms with van der Waals surface area (Å²) in [4.78, 5) is 8.34. The number of hydrogen-bond acceptors (Lipinski definition) is 4. The Morgan fingerprint density at radius 1 is 1.26 bits per heavy atom. The van der Waals surface area contributed by atoms with Crippen LogP contribution in [-0.2, 0) is 17.9 Å². The second-order valence-corrected chi connectivity index (χ2v) is 4.82. The summed E-state index contributed by atoms with van der Waals surface area (Å²) in [5, 5.41) is 4.27. The highest BCUT2D eigenvalue weighted by Crippen LogP contribution is 2.17. The van der Waals surface area contributed by atoms with E-state index in [1.54, 1.807) is 23.3 Å². The first-order valence-corrected chi connectivity index (χ1v) is 7.11. The third-order valence-electron chi connectivity index (χ3n) is 3.17. The quantitative estimate of drug-likeness (QED) is 0.700. The van der Waals surface area contributed by atoms with E-state index in [4.69, 9.17) is 4.74 Å². The Hall–Kier alpha value is -2.61. The maximum Gasteiger partial charge on any atom is 0.177 e. The predicted molar refractivity (Wildman–Crippen MR) is 77.9 cm³/mol. The molecule has 0 saturated heterocycles. The van der Waals surface area contributed by atoms with Crippen molar-refractivity contribution in [3.63, 3.8) is 0 Å². The van der Waals surface area contributed by atoms with Crippen molar-refractivity contribution in [2.45, 2.75) is 20.1 Å². The molecule has 0 saturated carbocycles. The minimum atomic E-state index is -0.704. The zero-order valence-corrected chi connectivity index (χ0v) is 12.5. The normalized spacial score (nSPS) is 11.1. The van der Waals surface area contributed by atoms with Crippen molar-refractivity contribution in [2.75, 3.05) is 6.61 Å². The van der Waals surface area contributed by atoms with Gasteiger partial charge >= 0.3 is 0 Å². The Kier molecular flexibility index (Phi) is 4.42. The van der Waals surface area contributed by atoms with Crippen LogP contribution in [0.15, 0.2) is 36.9 Å². The van der Waals surface area contributed by atoms with Gasteiger partial charge in [0.2, 0.25) is 0 Å². The lowest BCUT2D eigenvalue weighted by atomic mass is 10.3. The third-order valence-corrected chi connectivity index (χ3v) is 3.17. The lowest BCUT2D eigenvalue weighted by molar-refractivity contribution is 0.128. The maximum atomic E-state index is 14.1. The Morgan fingerprint density at radius 2 is 2.13 bits per heavy atom. The van der Waals surface area contributed by atoms with E-state index in [1.807, 2.05) is 6.92 Å². The van der Waals surface area contributed by atoms with Crippen molar-refractivity contribution in [1.82, 2.24) is 24.3 Å². The molecular formula is C15H15F2N5O. The molecule has 0 aliphatic rings. The lowest BCUT2D eigenvalue weighted by Crippen LogP contribution is -2.09. The summed E-state index contributed by atoms with van der Waals surface area (Å²) < 4.78 is 35.6. The van der Waals surface area contributed by atoms with E-state index in [-0.39, 0.29) is 12.3 Å². The molecule has 6 nitrogen and oxygen atoms in total. The molecule has 120 valence electrons. The Balaban J connectivity index is 2.00. The van der Waals surface area contributed by atoms with Crippen LogP contribution in [0.1, 0.15) is 18.6 Å². The highest BCUT2D eigenvalue weighted by Gasteiger charge is 2.15. The Bertz CT molecular complexity index is 785. The topological polar surface area (TPSA) is 57.8 Å². The van der Waals surface area contributed by atoms with Crippen LogP contribution in [0, 0.1) is 11.6 Å². The van der Waals surface area contributed by atoms with Gasteiger partial charge in [0.25, 0.3) is 0 Å². The van der Waals surface area contributed by atoms with Gasteiger partial charge in [0.1, 0.15) is 18.1 Å². The van der Waals surface area contributed by atoms with Gasteiger partial charge in [-0.1, -0.05) is 0 Å². The van der Waals surface area contributed by atoms with Gasteiger partial charge in [-0.05, 0) is 19.1 Å². The summed E-state index contributed by atoms with van der Waals surface area (Å²) in [6.45, 7) is 2.97. The van der Waals surface area contributed by atoms with Crippen molar-refractivity contribution in [1.29, 1.82) is 0 Å². The molecule has 23 heavy (non-hydrogen) atoms. The van der Waals surface area contributed by atoms with E-state index >= 15 is 0 Å². The average molecular weight is 319 g/mol. The molecule has 3 aromatic rings. The Labute approximate surface area is 131 Å². The predicted octanol–water partition coefficient (Wildman–Crippen LogP) is 2.33. The molecule has 0 amide bonds. The zero-order chi connectivity index (χ0) is 16.2. The molecule has 3 rings (SSSR count). The summed E-state index contributed by atoms with van der Waals surface area (Å²) in [5.41, 5.74) is 0.136. The van der Waals surface area contributed by atoms with Gasteiger partial charge in [0.05, 0.1) is 12.9 Å². The number of rotatable bonds is 6. The molecule has 2 aromatic heterocycles. The number of imidazole rings is 1. The third kappa shape index (κ3) is 3.42. The van der Waals surface area contributed by atoms with Gasteiger partial charge < -0.3 is 9.30 Å². The molecule has 0 bridgehead atoms. The lowest BCUT2D eigenvalue weighted by Gasteiger charge is -2.07. The van der Waals surface area contributed by atoms with Gasteiger partial charge in [-0.2, -0.15) is 0 Å². The van der Waals surface area contributed by atoms with Crippen LogP contribution in [0.3, 0.4) is 0 Å². The maximum absolute atomic E-state index is 14.1. The van der Waals surface area contributed by atoms with E-state index in [0.29, 0.717) is 24.8 Å². The van der Waals surface area contributed by atoms with E-state index in [1.165, 1.54) is 16.8 Å². The molecule has 8 heteroatoms. The highest BCUT2D eigenvalue weighted by molar-refractivity contribution is 5.34. The number of benzene rings is 1. The molecule has 0 spiro atoms. The minimum absolute atomic E-state index is 0.136. The van der Waals surface area contributed by atoms with Gasteiger partial charge in [0, 0.05) is 25.1 Å². The fourth-order valence-electron chi connectivity index (χ4n) is 2.14. The van der Waals surface area contributed by atoms with Crippen molar-refractivity contribution in [3.8, 4) is 5.69 Å². The molecule has 0 aliphatic heterocycles. The van der Waals surface area contributed by atoms with Gasteiger partial charge in [-0.25, -0.2) is 23.4 Å². The van der Waals surface area contributed by atoms with E-state index < -0.39 is 11.6 Å². The standard InChI is InChI=1S/C15H15F2N5O/c1-2-23-9-14-19-15(8-21-6-5-18-10-21)22(20-14)13-4-3-11(16)7-12(13)17/h3-7,10H,2,8-9H2,1H3. The number of hydrogen-bond donors (Lipinski definition) is 0. The van der Waals surface area contributed by atoms with Crippen molar-refractivity contribution >= 4 is 0 Å². The summed E-state index contributed by atoms with van der Waals surface area (Å²) in [6, 6.07) is 3.34. The molecule has 0 aliphatic carbocycles. The Morgan fingerprint density at radius 3 is 2.83 bits per heavy atom. The van der Waals surface area contributed by atoms with Crippen LogP contribution in [0.25, 0.3) is 5.69 Å². The first-order valence-electron chi connectivity index (χ1n) is 7.11. The molecular weight excluding hydrogens is 304 g/mol. The molecule has 0 unspecified atom stereocenters. The van der Waals surface area contributed by atoms with E-state index in [9.17, 15) is 8.78 Å². The molecule has 0 radical (unpaired) electrons. The molecule has 0 fully saturated rings. The summed E-state index contributed by atoms with van der Waals surface area (Å²) in [6.07, 6.45) is 5.03. The van der Waals surface area contributed by atoms with Gasteiger partial charge in [-0.15, -0.1) is 5.10 Å². The van der Waals surface area contributed by atoms with Crippen LogP contribution in [0.5, 0.6) is 0 Å². The first kappa shape index (κ1) is 15.3. The summed E-state index contributed by atoms with van der Waals surface area (Å²) in [7, 11) is 0. The van der Waals surface area contributed by atoms with Crippen LogP contribution in [0.4, 0.5) is 8.78 Å². The molecule has 1 aromatic carbocycles. The van der Waals surface area contributed by atoms with Crippen LogP contribution in [0.2, 0.25) is 0 Å². The van der Waals surface area contributed by atoms with Gasteiger partial charge in [-0.3, -0.25) is 0 Å². The number of aromatic nitrogens is 5. The second-order valence-electron chi connectivity index (χ2n) is 4.82. The summed E-state index contributed by atoms with van der Waals surface area (Å²) in [5.74, 6) is -0.407. The monoisotopic (exact) mass is 319 g/mol.